The number of alkyl halides is 3. The number of hydrogen-bond donors (Lipinski definition) is 1. The van der Waals surface area contributed by atoms with Crippen LogP contribution in [0, 0.1) is 0 Å². The monoisotopic (exact) mass is 387 g/mol. The number of hydrogen-bond acceptors (Lipinski definition) is 5. The molecule has 0 spiro atoms. The molecule has 28 heavy (non-hydrogen) atoms. The zero-order valence-corrected chi connectivity index (χ0v) is 14.7. The molecule has 1 aliphatic rings. The average molecular weight is 387 g/mol. The van der Waals surface area contributed by atoms with Crippen molar-refractivity contribution in [3.05, 3.63) is 48.0 Å². The third kappa shape index (κ3) is 2.85. The van der Waals surface area contributed by atoms with Crippen LogP contribution in [0.3, 0.4) is 0 Å². The highest BCUT2D eigenvalue weighted by atomic mass is 19.4. The molecule has 1 saturated heterocycles. The van der Waals surface area contributed by atoms with Crippen LogP contribution in [-0.2, 0) is 6.18 Å². The van der Waals surface area contributed by atoms with Crippen LogP contribution >= 0.6 is 0 Å². The number of rotatable bonds is 2. The van der Waals surface area contributed by atoms with E-state index in [-0.39, 0.29) is 11.6 Å². The van der Waals surface area contributed by atoms with Crippen LogP contribution in [0.4, 0.5) is 19.0 Å². The lowest BCUT2D eigenvalue weighted by Crippen LogP contribution is -2.35. The van der Waals surface area contributed by atoms with Gasteiger partial charge in [-0.15, -0.1) is 15.3 Å². The number of imidazole rings is 1. The molecule has 1 fully saturated rings. The van der Waals surface area contributed by atoms with Crippen LogP contribution in [0.15, 0.2) is 36.4 Å². The lowest BCUT2D eigenvalue weighted by atomic mass is 9.97. The number of piperidine rings is 1. The van der Waals surface area contributed by atoms with E-state index in [0.717, 1.165) is 40.8 Å². The van der Waals surface area contributed by atoms with Gasteiger partial charge in [-0.3, -0.25) is 0 Å². The quantitative estimate of drug-likeness (QED) is 0.571. The number of para-hydroxylation sites is 2. The third-order valence-electron chi connectivity index (χ3n) is 5.04. The van der Waals surface area contributed by atoms with Gasteiger partial charge >= 0.3 is 6.18 Å². The van der Waals surface area contributed by atoms with E-state index in [1.54, 1.807) is 6.07 Å². The third-order valence-corrected chi connectivity index (χ3v) is 5.04. The average Bonchev–Trinajstić information content (AvgIpc) is 3.31. The van der Waals surface area contributed by atoms with Crippen molar-refractivity contribution in [2.24, 2.45) is 0 Å². The summed E-state index contributed by atoms with van der Waals surface area (Å²) < 4.78 is 40.1. The summed E-state index contributed by atoms with van der Waals surface area (Å²) in [6.45, 7) is 1.35. The molecular weight excluding hydrogens is 371 g/mol. The van der Waals surface area contributed by atoms with Crippen LogP contribution in [0.25, 0.3) is 16.7 Å². The molecule has 0 bridgehead atoms. The molecule has 0 saturated carbocycles. The first kappa shape index (κ1) is 17.0. The van der Waals surface area contributed by atoms with Gasteiger partial charge in [0.15, 0.2) is 5.65 Å². The van der Waals surface area contributed by atoms with Crippen molar-refractivity contribution in [3.63, 3.8) is 0 Å². The van der Waals surface area contributed by atoms with E-state index in [9.17, 15) is 13.2 Å². The number of benzene rings is 1. The summed E-state index contributed by atoms with van der Waals surface area (Å²) >= 11 is 0. The van der Waals surface area contributed by atoms with Crippen molar-refractivity contribution in [2.75, 3.05) is 18.0 Å². The van der Waals surface area contributed by atoms with Crippen LogP contribution in [0.2, 0.25) is 0 Å². The molecule has 4 aromatic rings. The fourth-order valence-electron chi connectivity index (χ4n) is 3.70. The molecule has 5 rings (SSSR count). The topological polar surface area (TPSA) is 75.0 Å². The van der Waals surface area contributed by atoms with Crippen molar-refractivity contribution in [1.29, 1.82) is 0 Å². The van der Waals surface area contributed by atoms with Gasteiger partial charge in [-0.1, -0.05) is 12.1 Å². The Bertz CT molecular complexity index is 1110. The Morgan fingerprint density at radius 3 is 2.75 bits per heavy atom. The maximum Gasteiger partial charge on any atom is 0.453 e. The van der Waals surface area contributed by atoms with Crippen molar-refractivity contribution < 1.29 is 13.2 Å². The molecule has 7 nitrogen and oxygen atoms in total. The van der Waals surface area contributed by atoms with Crippen molar-refractivity contribution in [1.82, 2.24) is 29.8 Å². The van der Waals surface area contributed by atoms with Gasteiger partial charge < -0.3 is 9.88 Å². The predicted octanol–water partition coefficient (Wildman–Crippen LogP) is 3.40. The zero-order chi connectivity index (χ0) is 19.3. The van der Waals surface area contributed by atoms with Gasteiger partial charge in [0.2, 0.25) is 0 Å². The van der Waals surface area contributed by atoms with Gasteiger partial charge in [-0.25, -0.2) is 4.98 Å². The number of aromatic nitrogens is 6. The van der Waals surface area contributed by atoms with Gasteiger partial charge in [0.25, 0.3) is 5.82 Å². The van der Waals surface area contributed by atoms with Crippen LogP contribution < -0.4 is 4.90 Å². The minimum Gasteiger partial charge on any atom is -0.354 e. The molecule has 144 valence electrons. The molecule has 3 aromatic heterocycles. The maximum absolute atomic E-state index is 13.1. The molecular formula is C18H16F3N7. The largest absolute Gasteiger partial charge is 0.453 e. The van der Waals surface area contributed by atoms with E-state index in [2.05, 4.69) is 25.3 Å². The molecule has 1 atom stereocenters. The number of nitrogens with zero attached hydrogens (tertiary/aromatic N) is 6. The van der Waals surface area contributed by atoms with E-state index in [1.165, 1.54) is 6.07 Å². The van der Waals surface area contributed by atoms with Crippen LogP contribution in [0.1, 0.15) is 30.4 Å². The fourth-order valence-corrected chi connectivity index (χ4v) is 3.70. The number of aromatic amines is 1. The van der Waals surface area contributed by atoms with E-state index >= 15 is 0 Å². The Morgan fingerprint density at radius 1 is 1.07 bits per heavy atom. The van der Waals surface area contributed by atoms with Crippen LogP contribution in [0.5, 0.6) is 0 Å². The summed E-state index contributed by atoms with van der Waals surface area (Å²) in [5, 5.41) is 10.9. The minimum atomic E-state index is -4.61. The molecule has 10 heteroatoms. The zero-order valence-electron chi connectivity index (χ0n) is 14.7. The molecule has 1 aromatic carbocycles. The van der Waals surface area contributed by atoms with E-state index in [0.29, 0.717) is 12.4 Å². The SMILES string of the molecule is FC(F)(F)c1nnc2ccc(N3CCCC(c4nc5ccccc5[nH]4)C3)nn12. The molecule has 1 aliphatic heterocycles. The lowest BCUT2D eigenvalue weighted by Gasteiger charge is -2.32. The number of anilines is 1. The maximum atomic E-state index is 13.1. The molecule has 0 aliphatic carbocycles. The van der Waals surface area contributed by atoms with E-state index in [1.807, 2.05) is 29.2 Å². The lowest BCUT2D eigenvalue weighted by molar-refractivity contribution is -0.146. The number of H-pyrrole nitrogens is 1. The normalized spacial score (nSPS) is 18.2. The van der Waals surface area contributed by atoms with Gasteiger partial charge in [0.1, 0.15) is 11.6 Å². The standard InChI is InChI=1S/C18H16F3N7/c19-18(20,21)17-25-24-14-7-8-15(26-28(14)17)27-9-3-4-11(10-27)16-22-12-5-1-2-6-13(12)23-16/h1-2,5-8,11H,3-4,9-10H2,(H,22,23). The first-order chi connectivity index (χ1) is 13.5. The fraction of sp³-hybridized carbons (Fsp3) is 0.333. The van der Waals surface area contributed by atoms with Crippen LogP contribution in [-0.4, -0.2) is 42.9 Å². The molecule has 0 radical (unpaired) electrons. The second-order valence-corrected chi connectivity index (χ2v) is 6.91. The summed E-state index contributed by atoms with van der Waals surface area (Å²) in [5.41, 5.74) is 1.96. The number of fused-ring (bicyclic) bond motifs is 2. The van der Waals surface area contributed by atoms with Crippen molar-refractivity contribution >= 4 is 22.5 Å². The molecule has 1 N–H and O–H groups in total. The highest BCUT2D eigenvalue weighted by molar-refractivity contribution is 5.74. The second kappa shape index (κ2) is 6.18. The second-order valence-electron chi connectivity index (χ2n) is 6.91. The molecule has 1 unspecified atom stereocenters. The Hall–Kier alpha value is -3.17. The minimum absolute atomic E-state index is 0.0712. The van der Waals surface area contributed by atoms with Crippen molar-refractivity contribution in [3.8, 4) is 0 Å². The number of nitrogens with one attached hydrogen (secondary N) is 1. The van der Waals surface area contributed by atoms with Crippen molar-refractivity contribution in [2.45, 2.75) is 24.9 Å². The van der Waals surface area contributed by atoms with Gasteiger partial charge in [-0.2, -0.15) is 17.7 Å². The summed E-state index contributed by atoms with van der Waals surface area (Å²) in [7, 11) is 0. The summed E-state index contributed by atoms with van der Waals surface area (Å²) in [6.07, 6.45) is -2.75. The Balaban J connectivity index is 1.46. The van der Waals surface area contributed by atoms with Gasteiger partial charge in [0, 0.05) is 19.0 Å². The van der Waals surface area contributed by atoms with Gasteiger partial charge in [0.05, 0.1) is 11.0 Å². The summed E-state index contributed by atoms with van der Waals surface area (Å²) in [4.78, 5) is 10.0. The van der Waals surface area contributed by atoms with E-state index < -0.39 is 12.0 Å². The van der Waals surface area contributed by atoms with E-state index in [4.69, 9.17) is 0 Å². The first-order valence-electron chi connectivity index (χ1n) is 8.98. The number of halogens is 3. The van der Waals surface area contributed by atoms with Gasteiger partial charge in [-0.05, 0) is 37.1 Å². The Kier molecular flexibility index (Phi) is 3.74. The highest BCUT2D eigenvalue weighted by Crippen LogP contribution is 2.31. The summed E-state index contributed by atoms with van der Waals surface area (Å²) in [5.74, 6) is 0.405. The summed E-state index contributed by atoms with van der Waals surface area (Å²) in [6, 6.07) is 11.0. The highest BCUT2D eigenvalue weighted by Gasteiger charge is 2.38. The Morgan fingerprint density at radius 2 is 1.93 bits per heavy atom. The Labute approximate surface area is 157 Å². The molecule has 4 heterocycles. The smallest absolute Gasteiger partial charge is 0.354 e. The first-order valence-corrected chi connectivity index (χ1v) is 8.98. The predicted molar refractivity (Wildman–Crippen MR) is 96.1 cm³/mol. The molecule has 0 amide bonds.